The molecule has 0 bridgehead atoms. The van der Waals surface area contributed by atoms with Crippen molar-refractivity contribution in [1.82, 2.24) is 0 Å². The van der Waals surface area contributed by atoms with Gasteiger partial charge in [0.15, 0.2) is 5.78 Å². The van der Waals surface area contributed by atoms with Gasteiger partial charge in [-0.25, -0.2) is 0 Å². The normalized spacial score (nSPS) is 27.7. The Hall–Kier alpha value is -0.930. The molecule has 1 aliphatic rings. The van der Waals surface area contributed by atoms with Gasteiger partial charge in [0.2, 0.25) is 0 Å². The van der Waals surface area contributed by atoms with Gasteiger partial charge in [0.25, 0.3) is 0 Å². The maximum absolute atomic E-state index is 11.7. The lowest BCUT2D eigenvalue weighted by atomic mass is 9.65. The summed E-state index contributed by atoms with van der Waals surface area (Å²) in [6, 6.07) is 2.12. The first kappa shape index (κ1) is 13.5. The second-order valence-corrected chi connectivity index (χ2v) is 5.90. The van der Waals surface area contributed by atoms with E-state index in [4.69, 9.17) is 5.73 Å². The molecule has 1 aromatic heterocycles. The summed E-state index contributed by atoms with van der Waals surface area (Å²) in [7, 11) is 0. The fourth-order valence-corrected chi connectivity index (χ4v) is 4.38. The molecular weight excluding hydrogens is 242 g/mol. The largest absolute Gasteiger partial charge is 0.326 e. The summed E-state index contributed by atoms with van der Waals surface area (Å²) in [5, 5.41) is 2.12. The Kier molecular flexibility index (Phi) is 4.03. The third-order valence-electron chi connectivity index (χ3n) is 4.21. The van der Waals surface area contributed by atoms with Crippen LogP contribution in [0.4, 0.5) is 0 Å². The minimum atomic E-state index is 0.0194. The standard InChI is InChI=1S/C15H21NOS/c1-3-12-9-13(17)5-7-15(12,4-2)14-11(10-16)6-8-18-14/h5-8,12H,3-4,9-10,16H2,1-2H3/t12-,15-/m0/s1. The average molecular weight is 263 g/mol. The minimum absolute atomic E-state index is 0.0194. The van der Waals surface area contributed by atoms with E-state index >= 15 is 0 Å². The molecule has 0 saturated carbocycles. The summed E-state index contributed by atoms with van der Waals surface area (Å²) < 4.78 is 0. The van der Waals surface area contributed by atoms with E-state index in [1.54, 1.807) is 17.4 Å². The van der Waals surface area contributed by atoms with Gasteiger partial charge in [-0.1, -0.05) is 26.3 Å². The van der Waals surface area contributed by atoms with Crippen LogP contribution in [0.2, 0.25) is 0 Å². The summed E-state index contributed by atoms with van der Waals surface area (Å²) >= 11 is 1.78. The van der Waals surface area contributed by atoms with Crippen molar-refractivity contribution in [2.45, 2.75) is 45.1 Å². The Morgan fingerprint density at radius 1 is 1.50 bits per heavy atom. The first-order valence-corrected chi connectivity index (χ1v) is 7.54. The van der Waals surface area contributed by atoms with Crippen LogP contribution in [0.5, 0.6) is 0 Å². The highest BCUT2D eigenvalue weighted by atomic mass is 32.1. The van der Waals surface area contributed by atoms with Crippen molar-refractivity contribution in [1.29, 1.82) is 0 Å². The van der Waals surface area contributed by atoms with Gasteiger partial charge < -0.3 is 5.73 Å². The number of carbonyl (C=O) groups is 1. The summed E-state index contributed by atoms with van der Waals surface area (Å²) in [6.07, 6.45) is 6.64. The number of carbonyl (C=O) groups excluding carboxylic acids is 1. The lowest BCUT2D eigenvalue weighted by Crippen LogP contribution is -2.37. The Labute approximate surface area is 113 Å². The van der Waals surface area contributed by atoms with Crippen LogP contribution in [-0.4, -0.2) is 5.78 Å². The summed E-state index contributed by atoms with van der Waals surface area (Å²) in [5.41, 5.74) is 7.10. The second kappa shape index (κ2) is 5.37. The Bertz CT molecular complexity index is 463. The molecule has 18 heavy (non-hydrogen) atoms. The molecule has 2 N–H and O–H groups in total. The van der Waals surface area contributed by atoms with Gasteiger partial charge >= 0.3 is 0 Å². The average Bonchev–Trinajstić information content (AvgIpc) is 2.87. The van der Waals surface area contributed by atoms with Gasteiger partial charge in [0, 0.05) is 23.3 Å². The maximum Gasteiger partial charge on any atom is 0.155 e. The fraction of sp³-hybridized carbons (Fsp3) is 0.533. The number of ketones is 1. The molecule has 1 aliphatic carbocycles. The van der Waals surface area contributed by atoms with E-state index in [1.165, 1.54) is 10.4 Å². The van der Waals surface area contributed by atoms with Crippen LogP contribution in [0.15, 0.2) is 23.6 Å². The summed E-state index contributed by atoms with van der Waals surface area (Å²) in [6.45, 7) is 4.97. The minimum Gasteiger partial charge on any atom is -0.326 e. The van der Waals surface area contributed by atoms with E-state index < -0.39 is 0 Å². The molecule has 0 aliphatic heterocycles. The van der Waals surface area contributed by atoms with Gasteiger partial charge in [-0.05, 0) is 35.4 Å². The van der Waals surface area contributed by atoms with E-state index in [9.17, 15) is 4.79 Å². The lowest BCUT2D eigenvalue weighted by molar-refractivity contribution is -0.116. The van der Waals surface area contributed by atoms with Gasteiger partial charge in [-0.2, -0.15) is 0 Å². The first-order valence-electron chi connectivity index (χ1n) is 6.66. The SMILES string of the molecule is CC[C@H]1CC(=O)C=C[C@]1(CC)c1sccc1CN. The third kappa shape index (κ3) is 2.06. The highest BCUT2D eigenvalue weighted by Gasteiger charge is 2.41. The van der Waals surface area contributed by atoms with E-state index in [0.29, 0.717) is 18.9 Å². The van der Waals surface area contributed by atoms with E-state index in [0.717, 1.165) is 12.8 Å². The van der Waals surface area contributed by atoms with Crippen LogP contribution in [-0.2, 0) is 16.8 Å². The van der Waals surface area contributed by atoms with Crippen molar-refractivity contribution in [3.63, 3.8) is 0 Å². The molecular formula is C15H21NOS. The number of allylic oxidation sites excluding steroid dienone is 2. The van der Waals surface area contributed by atoms with Crippen LogP contribution >= 0.6 is 11.3 Å². The van der Waals surface area contributed by atoms with Crippen molar-refractivity contribution < 1.29 is 4.79 Å². The predicted molar refractivity (Wildman–Crippen MR) is 76.7 cm³/mol. The summed E-state index contributed by atoms with van der Waals surface area (Å²) in [4.78, 5) is 13.0. The zero-order valence-electron chi connectivity index (χ0n) is 11.1. The monoisotopic (exact) mass is 263 g/mol. The molecule has 3 heteroatoms. The molecule has 0 radical (unpaired) electrons. The van der Waals surface area contributed by atoms with E-state index in [-0.39, 0.29) is 11.2 Å². The molecule has 1 aromatic rings. The smallest absolute Gasteiger partial charge is 0.155 e. The number of hydrogen-bond acceptors (Lipinski definition) is 3. The Morgan fingerprint density at radius 2 is 2.28 bits per heavy atom. The lowest BCUT2D eigenvalue weighted by Gasteiger charge is -2.39. The highest BCUT2D eigenvalue weighted by molar-refractivity contribution is 7.10. The number of hydrogen-bond donors (Lipinski definition) is 1. The molecule has 98 valence electrons. The molecule has 2 nitrogen and oxygen atoms in total. The van der Waals surface area contributed by atoms with Crippen molar-refractivity contribution in [3.8, 4) is 0 Å². The van der Waals surface area contributed by atoms with E-state index in [1.807, 2.05) is 0 Å². The van der Waals surface area contributed by atoms with Crippen LogP contribution in [0, 0.1) is 5.92 Å². The van der Waals surface area contributed by atoms with Crippen molar-refractivity contribution in [2.75, 3.05) is 0 Å². The van der Waals surface area contributed by atoms with Crippen LogP contribution in [0.3, 0.4) is 0 Å². The second-order valence-electron chi connectivity index (χ2n) is 4.98. The Morgan fingerprint density at radius 3 is 2.89 bits per heavy atom. The van der Waals surface area contributed by atoms with Gasteiger partial charge in [0.05, 0.1) is 0 Å². The topological polar surface area (TPSA) is 43.1 Å². The molecule has 0 saturated heterocycles. The molecule has 0 aromatic carbocycles. The molecule has 2 atom stereocenters. The van der Waals surface area contributed by atoms with Crippen LogP contribution in [0.1, 0.15) is 43.6 Å². The summed E-state index contributed by atoms with van der Waals surface area (Å²) in [5.74, 6) is 0.667. The Balaban J connectivity index is 2.52. The number of thiophene rings is 1. The number of nitrogens with two attached hydrogens (primary N) is 1. The van der Waals surface area contributed by atoms with E-state index in [2.05, 4.69) is 31.4 Å². The molecule has 0 spiro atoms. The molecule has 1 heterocycles. The molecule has 0 unspecified atom stereocenters. The van der Waals surface area contributed by atoms with Crippen molar-refractivity contribution in [3.05, 3.63) is 34.0 Å². The van der Waals surface area contributed by atoms with Gasteiger partial charge in [-0.15, -0.1) is 11.3 Å². The van der Waals surface area contributed by atoms with Crippen LogP contribution in [0.25, 0.3) is 0 Å². The quantitative estimate of drug-likeness (QED) is 0.904. The number of rotatable bonds is 4. The van der Waals surface area contributed by atoms with Gasteiger partial charge in [-0.3, -0.25) is 4.79 Å². The molecule has 2 rings (SSSR count). The maximum atomic E-state index is 11.7. The molecule has 0 amide bonds. The molecule has 0 fully saturated rings. The fourth-order valence-electron chi connectivity index (χ4n) is 3.11. The van der Waals surface area contributed by atoms with Crippen molar-refractivity contribution >= 4 is 17.1 Å². The zero-order valence-corrected chi connectivity index (χ0v) is 11.9. The predicted octanol–water partition coefficient (Wildman–Crippen LogP) is 3.41. The third-order valence-corrected chi connectivity index (χ3v) is 5.36. The van der Waals surface area contributed by atoms with Crippen LogP contribution < -0.4 is 5.73 Å². The van der Waals surface area contributed by atoms with Gasteiger partial charge in [0.1, 0.15) is 0 Å². The zero-order chi connectivity index (χ0) is 13.2. The van der Waals surface area contributed by atoms with Crippen molar-refractivity contribution in [2.24, 2.45) is 11.7 Å². The first-order chi connectivity index (χ1) is 8.67. The highest BCUT2D eigenvalue weighted by Crippen LogP contribution is 2.46.